The Morgan fingerprint density at radius 3 is 1.48 bits per heavy atom. The van der Waals surface area contributed by atoms with Gasteiger partial charge in [0.05, 0.1) is 27.8 Å². The summed E-state index contributed by atoms with van der Waals surface area (Å²) in [6.45, 7) is 0. The van der Waals surface area contributed by atoms with Gasteiger partial charge in [-0.1, -0.05) is 84.8 Å². The van der Waals surface area contributed by atoms with Gasteiger partial charge in [0.15, 0.2) is 5.75 Å². The molecule has 0 N–H and O–H groups in total. The number of hydrogen-bond acceptors (Lipinski definition) is 6. The first-order valence-electron chi connectivity index (χ1n) is 14.7. The topological polar surface area (TPSA) is 114 Å². The van der Waals surface area contributed by atoms with Crippen LogP contribution in [0.4, 0.5) is 0 Å². The molecule has 0 aliphatic carbocycles. The van der Waals surface area contributed by atoms with Gasteiger partial charge in [-0.2, -0.15) is 21.0 Å². The molecule has 0 fully saturated rings. The lowest BCUT2D eigenvalue weighted by Crippen LogP contribution is -1.97. The van der Waals surface area contributed by atoms with Gasteiger partial charge in [-0.15, -0.1) is 6.42 Å². The third-order valence-corrected chi connectivity index (χ3v) is 7.68. The Morgan fingerprint density at radius 1 is 0.438 bits per heavy atom. The fraction of sp³-hybridized carbons (Fsp3) is 0. The van der Waals surface area contributed by atoms with Crippen LogP contribution in [0.3, 0.4) is 0 Å². The van der Waals surface area contributed by atoms with Gasteiger partial charge in [-0.05, 0) is 65.2 Å². The minimum absolute atomic E-state index is 0.190. The Balaban J connectivity index is 1.53. The maximum Gasteiger partial charge on any atom is 0.151 e. The summed E-state index contributed by atoms with van der Waals surface area (Å²) in [5.41, 5.74) is 6.17. The zero-order valence-electron chi connectivity index (χ0n) is 25.3. The van der Waals surface area contributed by atoms with Crippen LogP contribution in [-0.2, 0) is 0 Å². The van der Waals surface area contributed by atoms with E-state index in [0.29, 0.717) is 34.1 Å². The van der Waals surface area contributed by atoms with Crippen molar-refractivity contribution in [2.75, 3.05) is 0 Å². The van der Waals surface area contributed by atoms with E-state index in [2.05, 4.69) is 18.1 Å². The Kier molecular flexibility index (Phi) is 8.64. The molecule has 0 amide bonds. The van der Waals surface area contributed by atoms with Crippen LogP contribution in [0.25, 0.3) is 33.4 Å². The van der Waals surface area contributed by atoms with Crippen molar-refractivity contribution in [1.82, 2.24) is 0 Å². The molecule has 0 spiro atoms. The first-order valence-corrected chi connectivity index (χ1v) is 14.7. The van der Waals surface area contributed by atoms with Crippen molar-refractivity contribution in [1.29, 1.82) is 21.0 Å². The average Bonchev–Trinajstić information content (AvgIpc) is 3.15. The van der Waals surface area contributed by atoms with Crippen LogP contribution in [0.2, 0.25) is 0 Å². The van der Waals surface area contributed by atoms with E-state index < -0.39 is 0 Å². The smallest absolute Gasteiger partial charge is 0.151 e. The summed E-state index contributed by atoms with van der Waals surface area (Å²) in [7, 11) is 0. The molecule has 48 heavy (non-hydrogen) atoms. The summed E-state index contributed by atoms with van der Waals surface area (Å²) >= 11 is 0. The molecular formula is C42H22N4O2. The third-order valence-electron chi connectivity index (χ3n) is 7.68. The molecule has 6 rings (SSSR count). The molecule has 0 saturated carbocycles. The standard InChI is InChI=1S/C42H22N4O2/c1-2-37-38(19-20-40(29-11-7-4-8-12-29)42(37)48-36-17-14-32(25-44)34(22-36)27-46)30-15-18-39(28-9-5-3-6-10-28)41(23-30)47-35-16-13-31(24-43)33(21-35)26-45/h1,3-23H. The summed E-state index contributed by atoms with van der Waals surface area (Å²) in [4.78, 5) is 0. The van der Waals surface area contributed by atoms with Crippen LogP contribution in [0.1, 0.15) is 27.8 Å². The maximum absolute atomic E-state index is 9.63. The molecule has 6 aromatic rings. The van der Waals surface area contributed by atoms with Crippen molar-refractivity contribution in [3.8, 4) is 93.0 Å². The van der Waals surface area contributed by atoms with Gasteiger partial charge in [0.25, 0.3) is 0 Å². The van der Waals surface area contributed by atoms with E-state index in [1.54, 1.807) is 30.3 Å². The van der Waals surface area contributed by atoms with Gasteiger partial charge in [0.1, 0.15) is 41.5 Å². The molecule has 0 aliphatic rings. The average molecular weight is 615 g/mol. The van der Waals surface area contributed by atoms with Crippen molar-refractivity contribution in [2.45, 2.75) is 0 Å². The van der Waals surface area contributed by atoms with E-state index in [-0.39, 0.29) is 22.3 Å². The Hall–Kier alpha value is -7.56. The van der Waals surface area contributed by atoms with E-state index in [9.17, 15) is 21.0 Å². The molecule has 0 atom stereocenters. The number of nitriles is 4. The molecule has 6 nitrogen and oxygen atoms in total. The molecule has 0 aliphatic heterocycles. The number of terminal acetylenes is 1. The minimum Gasteiger partial charge on any atom is -0.457 e. The van der Waals surface area contributed by atoms with Crippen molar-refractivity contribution in [2.24, 2.45) is 0 Å². The molecule has 0 bridgehead atoms. The normalized spacial score (nSPS) is 9.98. The lowest BCUT2D eigenvalue weighted by molar-refractivity contribution is 0.482. The summed E-state index contributed by atoms with van der Waals surface area (Å²) in [5.74, 6) is 4.51. The van der Waals surface area contributed by atoms with Gasteiger partial charge in [-0.3, -0.25) is 0 Å². The second kappa shape index (κ2) is 13.6. The van der Waals surface area contributed by atoms with E-state index >= 15 is 0 Å². The number of ether oxygens (including phenoxy) is 2. The van der Waals surface area contributed by atoms with E-state index in [1.165, 1.54) is 6.07 Å². The molecule has 0 heterocycles. The Bertz CT molecular complexity index is 2400. The predicted octanol–water partition coefficient (Wildman–Crippen LogP) is 9.74. The van der Waals surface area contributed by atoms with E-state index in [0.717, 1.165) is 27.8 Å². The highest BCUT2D eigenvalue weighted by molar-refractivity contribution is 5.85. The van der Waals surface area contributed by atoms with Gasteiger partial charge < -0.3 is 9.47 Å². The van der Waals surface area contributed by atoms with Crippen molar-refractivity contribution in [3.63, 3.8) is 0 Å². The molecule has 0 aromatic heterocycles. The molecular weight excluding hydrogens is 592 g/mol. The maximum atomic E-state index is 9.63. The van der Waals surface area contributed by atoms with Gasteiger partial charge in [-0.25, -0.2) is 0 Å². The fourth-order valence-corrected chi connectivity index (χ4v) is 5.35. The largest absolute Gasteiger partial charge is 0.457 e. The molecule has 6 aromatic carbocycles. The summed E-state index contributed by atoms with van der Waals surface area (Å²) < 4.78 is 12.9. The number of hydrogen-bond donors (Lipinski definition) is 0. The lowest BCUT2D eigenvalue weighted by atomic mass is 9.92. The molecule has 0 radical (unpaired) electrons. The summed E-state index contributed by atoms with van der Waals surface area (Å²) in [5, 5.41) is 38.0. The summed E-state index contributed by atoms with van der Waals surface area (Å²) in [6, 6.07) is 46.7. The van der Waals surface area contributed by atoms with Crippen LogP contribution in [0.5, 0.6) is 23.0 Å². The van der Waals surface area contributed by atoms with Crippen molar-refractivity contribution in [3.05, 3.63) is 155 Å². The summed E-state index contributed by atoms with van der Waals surface area (Å²) in [6.07, 6.45) is 6.22. The zero-order valence-corrected chi connectivity index (χ0v) is 25.3. The fourth-order valence-electron chi connectivity index (χ4n) is 5.35. The van der Waals surface area contributed by atoms with Crippen LogP contribution in [-0.4, -0.2) is 0 Å². The second-order valence-corrected chi connectivity index (χ2v) is 10.5. The van der Waals surface area contributed by atoms with Crippen molar-refractivity contribution >= 4 is 0 Å². The highest BCUT2D eigenvalue weighted by atomic mass is 16.5. The van der Waals surface area contributed by atoms with Crippen LogP contribution < -0.4 is 9.47 Å². The van der Waals surface area contributed by atoms with Gasteiger partial charge in [0, 0.05) is 16.7 Å². The number of nitrogens with zero attached hydrogens (tertiary/aromatic N) is 4. The third kappa shape index (κ3) is 6.04. The van der Waals surface area contributed by atoms with Crippen LogP contribution in [0, 0.1) is 57.7 Å². The van der Waals surface area contributed by atoms with Crippen molar-refractivity contribution < 1.29 is 9.47 Å². The van der Waals surface area contributed by atoms with E-state index in [1.807, 2.05) is 103 Å². The second-order valence-electron chi connectivity index (χ2n) is 10.5. The predicted molar refractivity (Wildman–Crippen MR) is 183 cm³/mol. The molecule has 0 unspecified atom stereocenters. The lowest BCUT2D eigenvalue weighted by Gasteiger charge is -2.19. The Morgan fingerprint density at radius 2 is 0.938 bits per heavy atom. The quantitative estimate of drug-likeness (QED) is 0.165. The zero-order chi connectivity index (χ0) is 33.5. The highest BCUT2D eigenvalue weighted by Crippen LogP contribution is 2.44. The molecule has 222 valence electrons. The molecule has 0 saturated heterocycles. The number of benzene rings is 6. The van der Waals surface area contributed by atoms with Crippen LogP contribution in [0.15, 0.2) is 127 Å². The highest BCUT2D eigenvalue weighted by Gasteiger charge is 2.20. The van der Waals surface area contributed by atoms with Gasteiger partial charge >= 0.3 is 0 Å². The number of rotatable bonds is 7. The van der Waals surface area contributed by atoms with Crippen LogP contribution >= 0.6 is 0 Å². The first kappa shape index (κ1) is 30.5. The van der Waals surface area contributed by atoms with Gasteiger partial charge in [0.2, 0.25) is 0 Å². The monoisotopic (exact) mass is 614 g/mol. The minimum atomic E-state index is 0.190. The Labute approximate surface area is 278 Å². The first-order chi connectivity index (χ1) is 23.6. The SMILES string of the molecule is C#Cc1c(-c2ccc(-c3ccccc3)c(Oc3ccc(C#N)c(C#N)c3)c2)ccc(-c2ccccc2)c1Oc1ccc(C#N)c(C#N)c1. The van der Waals surface area contributed by atoms with E-state index in [4.69, 9.17) is 15.9 Å². The molecule has 6 heteroatoms.